The van der Waals surface area contributed by atoms with Crippen molar-refractivity contribution in [3.05, 3.63) is 0 Å². The number of hydrogen-bond acceptors (Lipinski definition) is 5. The molecule has 2 aliphatic heterocycles. The van der Waals surface area contributed by atoms with Crippen LogP contribution in [0.1, 0.15) is 34.1 Å². The van der Waals surface area contributed by atoms with Gasteiger partial charge in [0.1, 0.15) is 11.6 Å². The zero-order chi connectivity index (χ0) is 15.5. The molecule has 0 aromatic heterocycles. The highest BCUT2D eigenvalue weighted by molar-refractivity contribution is 5.89. The first-order valence-corrected chi connectivity index (χ1v) is 7.69. The average Bonchev–Trinajstić information content (AvgIpc) is 3.00. The second-order valence-corrected chi connectivity index (χ2v) is 7.44. The van der Waals surface area contributed by atoms with Crippen molar-refractivity contribution < 1.29 is 19.0 Å². The van der Waals surface area contributed by atoms with E-state index >= 15 is 0 Å². The Labute approximate surface area is 125 Å². The van der Waals surface area contributed by atoms with E-state index < -0.39 is 11.3 Å². The molecule has 0 aromatic rings. The van der Waals surface area contributed by atoms with Crippen LogP contribution in [0.15, 0.2) is 0 Å². The summed E-state index contributed by atoms with van der Waals surface area (Å²) in [4.78, 5) is 12.6. The monoisotopic (exact) mass is 298 g/mol. The van der Waals surface area contributed by atoms with Gasteiger partial charge in [-0.1, -0.05) is 13.8 Å². The molecule has 0 spiro atoms. The molecule has 6 nitrogen and oxygen atoms in total. The number of fused-ring (bicyclic) bond motifs is 1. The maximum atomic E-state index is 12.6. The van der Waals surface area contributed by atoms with Crippen molar-refractivity contribution in [1.29, 1.82) is 0 Å². The number of carbonyl (C=O) groups is 1. The van der Waals surface area contributed by atoms with Crippen LogP contribution in [-0.4, -0.2) is 49.2 Å². The van der Waals surface area contributed by atoms with Gasteiger partial charge in [-0.15, -0.1) is 0 Å². The van der Waals surface area contributed by atoms with Gasteiger partial charge in [0.2, 0.25) is 5.91 Å². The van der Waals surface area contributed by atoms with Crippen molar-refractivity contribution in [1.82, 2.24) is 5.32 Å². The van der Waals surface area contributed by atoms with Crippen LogP contribution >= 0.6 is 0 Å². The standard InChI is InChI=1S/C15H26N2O4/c1-13(2)11-10(5-6-19-11)15(13,16)12(18)17-7-9-8-20-14(3,4)21-9/h9-11H,5-8,16H2,1-4H3,(H,17,18). The van der Waals surface area contributed by atoms with Crippen LogP contribution in [0.25, 0.3) is 0 Å². The fraction of sp³-hybridized carbons (Fsp3) is 0.933. The third kappa shape index (κ3) is 2.11. The molecule has 3 fully saturated rings. The van der Waals surface area contributed by atoms with E-state index in [2.05, 4.69) is 5.32 Å². The first kappa shape index (κ1) is 15.2. The van der Waals surface area contributed by atoms with Crippen LogP contribution in [0.4, 0.5) is 0 Å². The van der Waals surface area contributed by atoms with Gasteiger partial charge in [-0.3, -0.25) is 4.79 Å². The predicted octanol–water partition coefficient (Wildman–Crippen LogP) is 0.397. The zero-order valence-corrected chi connectivity index (χ0v) is 13.3. The molecular formula is C15H26N2O4. The van der Waals surface area contributed by atoms with E-state index in [1.54, 1.807) is 0 Å². The first-order chi connectivity index (χ1) is 9.68. The zero-order valence-electron chi connectivity index (χ0n) is 13.3. The van der Waals surface area contributed by atoms with Crippen molar-refractivity contribution in [2.75, 3.05) is 19.8 Å². The molecule has 4 atom stereocenters. The van der Waals surface area contributed by atoms with Crippen molar-refractivity contribution in [2.24, 2.45) is 17.1 Å². The quantitative estimate of drug-likeness (QED) is 0.788. The maximum Gasteiger partial charge on any atom is 0.241 e. The lowest BCUT2D eigenvalue weighted by molar-refractivity contribution is -0.176. The summed E-state index contributed by atoms with van der Waals surface area (Å²) in [7, 11) is 0. The molecule has 3 rings (SSSR count). The average molecular weight is 298 g/mol. The summed E-state index contributed by atoms with van der Waals surface area (Å²) in [6, 6.07) is 0. The summed E-state index contributed by atoms with van der Waals surface area (Å²) in [5.74, 6) is -0.562. The molecule has 2 heterocycles. The third-order valence-electron chi connectivity index (χ3n) is 5.39. The van der Waals surface area contributed by atoms with Crippen molar-refractivity contribution in [3.8, 4) is 0 Å². The number of nitrogens with one attached hydrogen (secondary N) is 1. The summed E-state index contributed by atoms with van der Waals surface area (Å²) in [6.45, 7) is 9.37. The van der Waals surface area contributed by atoms with Crippen LogP contribution < -0.4 is 11.1 Å². The van der Waals surface area contributed by atoms with E-state index in [1.807, 2.05) is 27.7 Å². The van der Waals surface area contributed by atoms with E-state index in [0.717, 1.165) is 6.42 Å². The van der Waals surface area contributed by atoms with Gasteiger partial charge in [0.25, 0.3) is 0 Å². The fourth-order valence-electron chi connectivity index (χ4n) is 4.06. The lowest BCUT2D eigenvalue weighted by Gasteiger charge is -2.60. The Hall–Kier alpha value is -0.690. The molecular weight excluding hydrogens is 272 g/mol. The summed E-state index contributed by atoms with van der Waals surface area (Å²) in [6.07, 6.45) is 0.832. The largest absolute Gasteiger partial charge is 0.377 e. The van der Waals surface area contributed by atoms with Gasteiger partial charge >= 0.3 is 0 Å². The molecule has 6 heteroatoms. The second kappa shape index (κ2) is 4.65. The van der Waals surface area contributed by atoms with Crippen LogP contribution in [0, 0.1) is 11.3 Å². The Kier molecular flexibility index (Phi) is 3.37. The summed E-state index contributed by atoms with van der Waals surface area (Å²) >= 11 is 0. The number of nitrogens with two attached hydrogens (primary N) is 1. The molecule has 4 unspecified atom stereocenters. The van der Waals surface area contributed by atoms with Crippen LogP contribution in [0.3, 0.4) is 0 Å². The minimum absolute atomic E-state index is 0.0956. The lowest BCUT2D eigenvalue weighted by atomic mass is 9.48. The molecule has 3 N–H and O–H groups in total. The van der Waals surface area contributed by atoms with Gasteiger partial charge in [0.05, 0.1) is 12.7 Å². The van der Waals surface area contributed by atoms with E-state index in [9.17, 15) is 4.79 Å². The van der Waals surface area contributed by atoms with Crippen molar-refractivity contribution in [3.63, 3.8) is 0 Å². The Morgan fingerprint density at radius 3 is 2.67 bits per heavy atom. The highest BCUT2D eigenvalue weighted by atomic mass is 16.7. The molecule has 0 aromatic carbocycles. The van der Waals surface area contributed by atoms with Gasteiger partial charge in [-0.05, 0) is 20.3 Å². The van der Waals surface area contributed by atoms with Crippen LogP contribution in [-0.2, 0) is 19.0 Å². The van der Waals surface area contributed by atoms with E-state index in [4.69, 9.17) is 19.9 Å². The van der Waals surface area contributed by atoms with Gasteiger partial charge in [-0.2, -0.15) is 0 Å². The number of rotatable bonds is 3. The van der Waals surface area contributed by atoms with E-state index in [0.29, 0.717) is 19.8 Å². The topological polar surface area (TPSA) is 82.8 Å². The first-order valence-electron chi connectivity index (χ1n) is 7.69. The van der Waals surface area contributed by atoms with E-state index in [1.165, 1.54) is 0 Å². The van der Waals surface area contributed by atoms with Gasteiger partial charge in [0, 0.05) is 24.5 Å². The minimum atomic E-state index is -0.858. The molecule has 0 bridgehead atoms. The Bertz CT molecular complexity index is 451. The molecule has 0 radical (unpaired) electrons. The Morgan fingerprint density at radius 1 is 1.33 bits per heavy atom. The molecule has 120 valence electrons. The highest BCUT2D eigenvalue weighted by Gasteiger charge is 2.71. The third-order valence-corrected chi connectivity index (χ3v) is 5.39. The van der Waals surface area contributed by atoms with Crippen molar-refractivity contribution in [2.45, 2.75) is 57.6 Å². The van der Waals surface area contributed by atoms with Crippen molar-refractivity contribution >= 4 is 5.91 Å². The SMILES string of the molecule is CC1(C)OCC(CNC(=O)C2(N)C3CCOC3C2(C)C)O1. The van der Waals surface area contributed by atoms with Gasteiger partial charge < -0.3 is 25.3 Å². The maximum absolute atomic E-state index is 12.6. The van der Waals surface area contributed by atoms with Gasteiger partial charge in [-0.25, -0.2) is 0 Å². The molecule has 3 aliphatic rings. The summed E-state index contributed by atoms with van der Waals surface area (Å²) in [5, 5.41) is 2.95. The van der Waals surface area contributed by atoms with Crippen LogP contribution in [0.5, 0.6) is 0 Å². The molecule has 1 aliphatic carbocycles. The number of carbonyl (C=O) groups excluding carboxylic acids is 1. The van der Waals surface area contributed by atoms with Gasteiger partial charge in [0.15, 0.2) is 5.79 Å². The summed E-state index contributed by atoms with van der Waals surface area (Å²) < 4.78 is 16.9. The summed E-state index contributed by atoms with van der Waals surface area (Å²) in [5.41, 5.74) is 5.28. The predicted molar refractivity (Wildman–Crippen MR) is 76.5 cm³/mol. The Morgan fingerprint density at radius 2 is 2.05 bits per heavy atom. The second-order valence-electron chi connectivity index (χ2n) is 7.44. The molecule has 1 saturated carbocycles. The molecule has 1 amide bonds. The smallest absolute Gasteiger partial charge is 0.241 e. The Balaban J connectivity index is 1.61. The number of amides is 1. The molecule has 2 saturated heterocycles. The number of hydrogen-bond donors (Lipinski definition) is 2. The minimum Gasteiger partial charge on any atom is -0.377 e. The lowest BCUT2D eigenvalue weighted by Crippen LogP contribution is -2.80. The molecule has 21 heavy (non-hydrogen) atoms. The van der Waals surface area contributed by atoms with E-state index in [-0.39, 0.29) is 29.4 Å². The van der Waals surface area contributed by atoms with Crippen LogP contribution in [0.2, 0.25) is 0 Å². The normalized spacial score (nSPS) is 43.2. The number of ether oxygens (including phenoxy) is 3. The fourth-order valence-corrected chi connectivity index (χ4v) is 4.06. The highest BCUT2D eigenvalue weighted by Crippen LogP contribution is 2.58.